The van der Waals surface area contributed by atoms with E-state index in [4.69, 9.17) is 5.11 Å². The third-order valence-electron chi connectivity index (χ3n) is 2.24. The normalized spacial score (nSPS) is 13.5. The minimum atomic E-state index is -1.39. The minimum Gasteiger partial charge on any atom is -0.480 e. The van der Waals surface area contributed by atoms with Gasteiger partial charge in [-0.05, 0) is 5.56 Å². The second kappa shape index (κ2) is 5.86. The van der Waals surface area contributed by atoms with Crippen molar-refractivity contribution in [2.45, 2.75) is 12.1 Å². The lowest BCUT2D eigenvalue weighted by molar-refractivity contribution is -0.142. The predicted octanol–water partition coefficient (Wildman–Crippen LogP) is 0.102. The molecule has 4 N–H and O–H groups in total. The molecule has 0 spiro atoms. The van der Waals surface area contributed by atoms with Crippen molar-refractivity contribution in [2.24, 2.45) is 0 Å². The molecule has 6 heteroatoms. The summed E-state index contributed by atoms with van der Waals surface area (Å²) >= 11 is 0. The average Bonchev–Trinajstić information content (AvgIpc) is 2.35. The molecule has 1 aromatic rings. The number of benzene rings is 1. The number of amides is 2. The molecule has 2 amide bonds. The van der Waals surface area contributed by atoms with E-state index in [1.54, 1.807) is 30.3 Å². The van der Waals surface area contributed by atoms with Gasteiger partial charge in [-0.3, -0.25) is 0 Å². The van der Waals surface area contributed by atoms with Crippen LogP contribution in [0.2, 0.25) is 0 Å². The maximum Gasteiger partial charge on any atom is 0.329 e. The number of hydrogen-bond acceptors (Lipinski definition) is 3. The number of carbonyl (C=O) groups excluding carboxylic acids is 1. The second-order valence-electron chi connectivity index (χ2n) is 3.39. The van der Waals surface area contributed by atoms with Gasteiger partial charge >= 0.3 is 12.0 Å². The van der Waals surface area contributed by atoms with E-state index in [0.717, 1.165) is 0 Å². The molecule has 0 aliphatic rings. The van der Waals surface area contributed by atoms with Gasteiger partial charge in [-0.2, -0.15) is 0 Å². The zero-order valence-electron chi connectivity index (χ0n) is 9.25. The molecule has 2 unspecified atom stereocenters. The molecule has 2 atom stereocenters. The van der Waals surface area contributed by atoms with Gasteiger partial charge in [0.2, 0.25) is 0 Å². The summed E-state index contributed by atoms with van der Waals surface area (Å²) in [4.78, 5) is 22.0. The van der Waals surface area contributed by atoms with Crippen LogP contribution in [0.25, 0.3) is 0 Å². The largest absolute Gasteiger partial charge is 0.480 e. The van der Waals surface area contributed by atoms with E-state index in [9.17, 15) is 14.7 Å². The summed E-state index contributed by atoms with van der Waals surface area (Å²) in [5.41, 5.74) is 0.427. The highest BCUT2D eigenvalue weighted by Gasteiger charge is 2.28. The molecule has 17 heavy (non-hydrogen) atoms. The van der Waals surface area contributed by atoms with Gasteiger partial charge < -0.3 is 20.8 Å². The Bertz CT molecular complexity index is 394. The Balaban J connectivity index is 2.84. The molecule has 0 saturated carbocycles. The van der Waals surface area contributed by atoms with Gasteiger partial charge in [-0.25, -0.2) is 9.59 Å². The van der Waals surface area contributed by atoms with Crippen molar-refractivity contribution in [3.63, 3.8) is 0 Å². The first-order chi connectivity index (χ1) is 8.06. The summed E-state index contributed by atoms with van der Waals surface area (Å²) in [6, 6.07) is 6.23. The van der Waals surface area contributed by atoms with E-state index in [2.05, 4.69) is 10.6 Å². The number of rotatable bonds is 4. The maximum atomic E-state index is 11.1. The zero-order chi connectivity index (χ0) is 12.8. The Morgan fingerprint density at radius 2 is 1.82 bits per heavy atom. The molecule has 92 valence electrons. The van der Waals surface area contributed by atoms with E-state index in [1.165, 1.54) is 7.05 Å². The summed E-state index contributed by atoms with van der Waals surface area (Å²) in [5, 5.41) is 23.2. The monoisotopic (exact) mass is 238 g/mol. The first kappa shape index (κ1) is 13.0. The van der Waals surface area contributed by atoms with Crippen LogP contribution >= 0.6 is 0 Å². The Kier molecular flexibility index (Phi) is 4.47. The first-order valence-corrected chi connectivity index (χ1v) is 5.00. The minimum absolute atomic E-state index is 0.427. The van der Waals surface area contributed by atoms with E-state index in [0.29, 0.717) is 5.56 Å². The molecule has 0 heterocycles. The lowest BCUT2D eigenvalue weighted by atomic mass is 10.0. The van der Waals surface area contributed by atoms with Crippen molar-refractivity contribution in [1.82, 2.24) is 10.6 Å². The number of hydrogen-bond donors (Lipinski definition) is 4. The molecule has 0 radical (unpaired) electrons. The number of aliphatic hydroxyl groups is 1. The van der Waals surface area contributed by atoms with Crippen molar-refractivity contribution in [2.75, 3.05) is 7.05 Å². The van der Waals surface area contributed by atoms with Gasteiger partial charge in [-0.1, -0.05) is 30.3 Å². The average molecular weight is 238 g/mol. The van der Waals surface area contributed by atoms with Crippen LogP contribution in [-0.2, 0) is 4.79 Å². The van der Waals surface area contributed by atoms with Crippen LogP contribution in [0.15, 0.2) is 30.3 Å². The summed E-state index contributed by atoms with van der Waals surface area (Å²) in [6.45, 7) is 0. The number of carbonyl (C=O) groups is 2. The Morgan fingerprint density at radius 1 is 1.24 bits per heavy atom. The van der Waals surface area contributed by atoms with Gasteiger partial charge in [0, 0.05) is 7.05 Å². The molecule has 0 bridgehead atoms. The molecule has 1 aromatic carbocycles. The standard InChI is InChI=1S/C11H14N2O4/c1-12-11(17)13-8(10(15)16)9(14)7-5-3-2-4-6-7/h2-6,8-9,14H,1H3,(H,15,16)(H2,12,13,17). The molecule has 0 aromatic heterocycles. The van der Waals surface area contributed by atoms with Crippen molar-refractivity contribution < 1.29 is 19.8 Å². The number of urea groups is 1. The molecular formula is C11H14N2O4. The van der Waals surface area contributed by atoms with Crippen LogP contribution in [-0.4, -0.2) is 35.3 Å². The molecule has 0 aliphatic heterocycles. The zero-order valence-corrected chi connectivity index (χ0v) is 9.25. The fourth-order valence-electron chi connectivity index (χ4n) is 1.33. The molecule has 6 nitrogen and oxygen atoms in total. The molecule has 0 saturated heterocycles. The fourth-order valence-corrected chi connectivity index (χ4v) is 1.33. The number of carboxylic acids is 1. The van der Waals surface area contributed by atoms with E-state index >= 15 is 0 Å². The van der Waals surface area contributed by atoms with E-state index in [1.807, 2.05) is 0 Å². The van der Waals surface area contributed by atoms with Gasteiger partial charge in [-0.15, -0.1) is 0 Å². The third-order valence-corrected chi connectivity index (χ3v) is 2.24. The summed E-state index contributed by atoms with van der Waals surface area (Å²) < 4.78 is 0. The second-order valence-corrected chi connectivity index (χ2v) is 3.39. The van der Waals surface area contributed by atoms with E-state index < -0.39 is 24.1 Å². The van der Waals surface area contributed by atoms with Gasteiger partial charge in [0.1, 0.15) is 6.10 Å². The molecule has 1 rings (SSSR count). The van der Waals surface area contributed by atoms with E-state index in [-0.39, 0.29) is 0 Å². The fraction of sp³-hybridized carbons (Fsp3) is 0.273. The van der Waals surface area contributed by atoms with Crippen molar-refractivity contribution in [3.8, 4) is 0 Å². The van der Waals surface area contributed by atoms with Crippen molar-refractivity contribution >= 4 is 12.0 Å². The van der Waals surface area contributed by atoms with Crippen LogP contribution in [0.3, 0.4) is 0 Å². The number of aliphatic hydroxyl groups excluding tert-OH is 1. The SMILES string of the molecule is CNC(=O)NC(C(=O)O)C(O)c1ccccc1. The van der Waals surface area contributed by atoms with Crippen molar-refractivity contribution in [1.29, 1.82) is 0 Å². The maximum absolute atomic E-state index is 11.1. The third kappa shape index (κ3) is 3.46. The topological polar surface area (TPSA) is 98.7 Å². The number of carboxylic acid groups (broad SMARTS) is 1. The predicted molar refractivity (Wildman–Crippen MR) is 60.4 cm³/mol. The van der Waals surface area contributed by atoms with Gasteiger partial charge in [0.15, 0.2) is 6.04 Å². The Morgan fingerprint density at radius 3 is 2.29 bits per heavy atom. The van der Waals surface area contributed by atoms with Crippen LogP contribution in [0.4, 0.5) is 4.79 Å². The van der Waals surface area contributed by atoms with Crippen molar-refractivity contribution in [3.05, 3.63) is 35.9 Å². The van der Waals surface area contributed by atoms with Crippen LogP contribution in [0, 0.1) is 0 Å². The van der Waals surface area contributed by atoms with Gasteiger partial charge in [0.05, 0.1) is 0 Å². The molecule has 0 fully saturated rings. The molecule has 0 aliphatic carbocycles. The summed E-state index contributed by atoms with van der Waals surface area (Å²) in [5.74, 6) is -1.30. The van der Waals surface area contributed by atoms with Gasteiger partial charge in [0.25, 0.3) is 0 Å². The highest BCUT2D eigenvalue weighted by molar-refractivity contribution is 5.83. The van der Waals surface area contributed by atoms with Crippen LogP contribution < -0.4 is 10.6 Å². The lowest BCUT2D eigenvalue weighted by Crippen LogP contribution is -2.48. The highest BCUT2D eigenvalue weighted by Crippen LogP contribution is 2.16. The summed E-state index contributed by atoms with van der Waals surface area (Å²) in [7, 11) is 1.36. The van der Waals surface area contributed by atoms with Crippen LogP contribution in [0.1, 0.15) is 11.7 Å². The Hall–Kier alpha value is -2.08. The molecular weight excluding hydrogens is 224 g/mol. The quantitative estimate of drug-likeness (QED) is 0.598. The Labute approximate surface area is 98.3 Å². The lowest BCUT2D eigenvalue weighted by Gasteiger charge is -2.20. The first-order valence-electron chi connectivity index (χ1n) is 5.00. The highest BCUT2D eigenvalue weighted by atomic mass is 16.4. The smallest absolute Gasteiger partial charge is 0.329 e. The summed E-state index contributed by atoms with van der Waals surface area (Å²) in [6.07, 6.45) is -1.30. The number of aliphatic carboxylic acids is 1. The van der Waals surface area contributed by atoms with Crippen LogP contribution in [0.5, 0.6) is 0 Å². The number of nitrogens with one attached hydrogen (secondary N) is 2.